The first kappa shape index (κ1) is 15.5. The van der Waals surface area contributed by atoms with Gasteiger partial charge in [0.25, 0.3) is 0 Å². The molecule has 120 valence electrons. The molecule has 0 saturated heterocycles. The van der Waals surface area contributed by atoms with E-state index in [-0.39, 0.29) is 5.41 Å². The van der Waals surface area contributed by atoms with Crippen LogP contribution in [0.15, 0.2) is 42.5 Å². The lowest BCUT2D eigenvalue weighted by molar-refractivity contribution is 0.374. The van der Waals surface area contributed by atoms with Crippen LogP contribution in [0, 0.1) is 0 Å². The summed E-state index contributed by atoms with van der Waals surface area (Å²) in [5.41, 5.74) is 4.62. The third-order valence-corrected chi connectivity index (χ3v) is 4.40. The highest BCUT2D eigenvalue weighted by Crippen LogP contribution is 2.48. The van der Waals surface area contributed by atoms with Crippen LogP contribution in [0.4, 0.5) is 0 Å². The van der Waals surface area contributed by atoms with Crippen molar-refractivity contribution in [3.63, 3.8) is 0 Å². The minimum atomic E-state index is -0.0259. The van der Waals surface area contributed by atoms with Gasteiger partial charge in [0.2, 0.25) is 0 Å². The summed E-state index contributed by atoms with van der Waals surface area (Å²) >= 11 is 0. The molecule has 0 saturated carbocycles. The Hall–Kier alpha value is -2.42. The smallest absolute Gasteiger partial charge is 0.134 e. The average molecular weight is 310 g/mol. The van der Waals surface area contributed by atoms with Gasteiger partial charge in [-0.15, -0.1) is 0 Å². The van der Waals surface area contributed by atoms with Gasteiger partial charge in [-0.2, -0.15) is 0 Å². The minimum absolute atomic E-state index is 0.0259. The van der Waals surface area contributed by atoms with E-state index in [1.807, 2.05) is 12.1 Å². The Morgan fingerprint density at radius 1 is 0.826 bits per heavy atom. The van der Waals surface area contributed by atoms with Crippen molar-refractivity contribution in [2.45, 2.75) is 19.3 Å². The number of benzene rings is 2. The molecule has 0 fully saturated rings. The molecule has 0 atom stereocenters. The molecule has 0 unspecified atom stereocenters. The van der Waals surface area contributed by atoms with Crippen molar-refractivity contribution in [1.29, 1.82) is 0 Å². The van der Waals surface area contributed by atoms with Crippen LogP contribution >= 0.6 is 0 Å². The van der Waals surface area contributed by atoms with E-state index in [0.717, 1.165) is 22.6 Å². The first-order valence-corrected chi connectivity index (χ1v) is 7.65. The molecule has 3 heteroatoms. The summed E-state index contributed by atoms with van der Waals surface area (Å²) in [4.78, 5) is 0. The largest absolute Gasteiger partial charge is 0.496 e. The lowest BCUT2D eigenvalue weighted by Crippen LogP contribution is -2.10. The van der Waals surface area contributed by atoms with Gasteiger partial charge in [0.15, 0.2) is 0 Å². The molecule has 2 aromatic rings. The van der Waals surface area contributed by atoms with E-state index >= 15 is 0 Å². The maximum Gasteiger partial charge on any atom is 0.134 e. The average Bonchev–Trinajstić information content (AvgIpc) is 2.85. The predicted molar refractivity (Wildman–Crippen MR) is 92.6 cm³/mol. The molecule has 0 amide bonds. The monoisotopic (exact) mass is 310 g/mol. The van der Waals surface area contributed by atoms with Gasteiger partial charge in [-0.3, -0.25) is 0 Å². The summed E-state index contributed by atoms with van der Waals surface area (Å²) in [5.74, 6) is 2.22. The van der Waals surface area contributed by atoms with Crippen LogP contribution in [0.25, 0.3) is 5.57 Å². The van der Waals surface area contributed by atoms with Crippen LogP contribution in [0.5, 0.6) is 17.2 Å². The van der Waals surface area contributed by atoms with Crippen molar-refractivity contribution in [1.82, 2.24) is 0 Å². The highest BCUT2D eigenvalue weighted by Gasteiger charge is 2.32. The molecule has 0 radical (unpaired) electrons. The van der Waals surface area contributed by atoms with E-state index in [0.29, 0.717) is 5.75 Å². The zero-order valence-electron chi connectivity index (χ0n) is 14.3. The number of hydrogen-bond acceptors (Lipinski definition) is 3. The topological polar surface area (TPSA) is 27.7 Å². The Balaban J connectivity index is 2.27. The van der Waals surface area contributed by atoms with Crippen LogP contribution in [0.3, 0.4) is 0 Å². The maximum atomic E-state index is 5.63. The maximum absolute atomic E-state index is 5.63. The fraction of sp³-hybridized carbons (Fsp3) is 0.300. The van der Waals surface area contributed by atoms with Crippen LogP contribution < -0.4 is 14.2 Å². The van der Waals surface area contributed by atoms with Crippen LogP contribution in [-0.2, 0) is 5.41 Å². The van der Waals surface area contributed by atoms with Gasteiger partial charge in [-0.1, -0.05) is 44.2 Å². The fourth-order valence-electron chi connectivity index (χ4n) is 3.27. The normalized spacial score (nSPS) is 14.9. The number of rotatable bonds is 4. The Morgan fingerprint density at radius 3 is 2.00 bits per heavy atom. The SMILES string of the molecule is COc1cc(OC)c(C2=CC(C)(C)c3ccccc32)c(OC)c1. The number of fused-ring (bicyclic) bond motifs is 1. The molecule has 1 aliphatic rings. The Kier molecular flexibility index (Phi) is 3.80. The minimum Gasteiger partial charge on any atom is -0.496 e. The first-order valence-electron chi connectivity index (χ1n) is 7.65. The van der Waals surface area contributed by atoms with Crippen molar-refractivity contribution in [2.24, 2.45) is 0 Å². The zero-order chi connectivity index (χ0) is 16.6. The van der Waals surface area contributed by atoms with E-state index in [2.05, 4.69) is 44.2 Å². The van der Waals surface area contributed by atoms with Crippen LogP contribution in [0.1, 0.15) is 30.5 Å². The van der Waals surface area contributed by atoms with Crippen molar-refractivity contribution < 1.29 is 14.2 Å². The third kappa shape index (κ3) is 2.46. The summed E-state index contributed by atoms with van der Waals surface area (Å²) in [6, 6.07) is 12.3. The quantitative estimate of drug-likeness (QED) is 0.836. The summed E-state index contributed by atoms with van der Waals surface area (Å²) in [5, 5.41) is 0. The molecule has 0 spiro atoms. The highest BCUT2D eigenvalue weighted by atomic mass is 16.5. The van der Waals surface area contributed by atoms with Gasteiger partial charge in [0.05, 0.1) is 26.9 Å². The predicted octanol–water partition coefficient (Wildman–Crippen LogP) is 4.44. The second-order valence-corrected chi connectivity index (χ2v) is 6.23. The molecule has 0 N–H and O–H groups in total. The van der Waals surface area contributed by atoms with Gasteiger partial charge in [0, 0.05) is 17.5 Å². The van der Waals surface area contributed by atoms with Crippen molar-refractivity contribution >= 4 is 5.57 Å². The summed E-state index contributed by atoms with van der Waals surface area (Å²) in [6.07, 6.45) is 2.28. The molecule has 23 heavy (non-hydrogen) atoms. The molecule has 3 rings (SSSR count). The van der Waals surface area contributed by atoms with E-state index in [9.17, 15) is 0 Å². The highest BCUT2D eigenvalue weighted by molar-refractivity contribution is 5.91. The van der Waals surface area contributed by atoms with Crippen LogP contribution in [0.2, 0.25) is 0 Å². The zero-order valence-corrected chi connectivity index (χ0v) is 14.3. The second-order valence-electron chi connectivity index (χ2n) is 6.23. The second kappa shape index (κ2) is 5.65. The number of ether oxygens (including phenoxy) is 3. The summed E-state index contributed by atoms with van der Waals surface area (Å²) < 4.78 is 16.6. The number of methoxy groups -OCH3 is 3. The van der Waals surface area contributed by atoms with Gasteiger partial charge in [-0.25, -0.2) is 0 Å². The molecule has 0 heterocycles. The Morgan fingerprint density at radius 2 is 1.43 bits per heavy atom. The van der Waals surface area contributed by atoms with Crippen molar-refractivity contribution in [3.05, 3.63) is 59.2 Å². The van der Waals surface area contributed by atoms with Crippen molar-refractivity contribution in [2.75, 3.05) is 21.3 Å². The van der Waals surface area contributed by atoms with Gasteiger partial charge in [0.1, 0.15) is 17.2 Å². The van der Waals surface area contributed by atoms with E-state index in [1.165, 1.54) is 11.1 Å². The van der Waals surface area contributed by atoms with Gasteiger partial charge < -0.3 is 14.2 Å². The number of allylic oxidation sites excluding steroid dienone is 1. The van der Waals surface area contributed by atoms with Gasteiger partial charge >= 0.3 is 0 Å². The summed E-state index contributed by atoms with van der Waals surface area (Å²) in [7, 11) is 4.98. The molecule has 2 aromatic carbocycles. The molecular formula is C20H22O3. The number of hydrogen-bond donors (Lipinski definition) is 0. The lowest BCUT2D eigenvalue weighted by atomic mass is 9.87. The first-order chi connectivity index (χ1) is 11.0. The standard InChI is InChI=1S/C20H22O3/c1-20(2)12-15(14-8-6-7-9-16(14)20)19-17(22-4)10-13(21-3)11-18(19)23-5/h6-12H,1-5H3. The Labute approximate surface area is 137 Å². The van der Waals surface area contributed by atoms with E-state index < -0.39 is 0 Å². The van der Waals surface area contributed by atoms with Crippen LogP contribution in [-0.4, -0.2) is 21.3 Å². The van der Waals surface area contributed by atoms with E-state index in [4.69, 9.17) is 14.2 Å². The molecule has 0 aromatic heterocycles. The molecular weight excluding hydrogens is 288 g/mol. The molecule has 1 aliphatic carbocycles. The fourth-order valence-corrected chi connectivity index (χ4v) is 3.27. The van der Waals surface area contributed by atoms with E-state index in [1.54, 1.807) is 21.3 Å². The van der Waals surface area contributed by atoms with Crippen molar-refractivity contribution in [3.8, 4) is 17.2 Å². The molecule has 0 bridgehead atoms. The Bertz CT molecular complexity index is 747. The van der Waals surface area contributed by atoms with Gasteiger partial charge in [-0.05, 0) is 16.7 Å². The summed E-state index contributed by atoms with van der Waals surface area (Å²) in [6.45, 7) is 4.45. The molecule has 0 aliphatic heterocycles. The molecule has 3 nitrogen and oxygen atoms in total. The lowest BCUT2D eigenvalue weighted by Gasteiger charge is -2.17. The third-order valence-electron chi connectivity index (χ3n) is 4.40.